The standard InChI is InChI=1S/C13H17N3S3/c1-8-4-5-9(2)10(6-8)11(14)7-18-13-16-15-12(17-3)19-13/h4-6,11H,7,14H2,1-3H3. The van der Waals surface area contributed by atoms with E-state index in [1.54, 1.807) is 34.9 Å². The number of hydrogen-bond acceptors (Lipinski definition) is 6. The lowest BCUT2D eigenvalue weighted by Crippen LogP contribution is -2.14. The average Bonchev–Trinajstić information content (AvgIpc) is 2.87. The van der Waals surface area contributed by atoms with Crippen molar-refractivity contribution in [2.24, 2.45) is 5.73 Å². The second kappa shape index (κ2) is 6.74. The Morgan fingerprint density at radius 3 is 2.68 bits per heavy atom. The topological polar surface area (TPSA) is 51.8 Å². The highest BCUT2D eigenvalue weighted by Crippen LogP contribution is 2.30. The van der Waals surface area contributed by atoms with Gasteiger partial charge < -0.3 is 5.73 Å². The molecule has 0 aliphatic carbocycles. The minimum absolute atomic E-state index is 0.0338. The highest BCUT2D eigenvalue weighted by atomic mass is 32.2. The maximum Gasteiger partial charge on any atom is 0.175 e. The van der Waals surface area contributed by atoms with Crippen LogP contribution in [0.1, 0.15) is 22.7 Å². The molecule has 0 spiro atoms. The van der Waals surface area contributed by atoms with Crippen LogP contribution in [-0.2, 0) is 0 Å². The number of aromatic nitrogens is 2. The smallest absolute Gasteiger partial charge is 0.175 e. The summed E-state index contributed by atoms with van der Waals surface area (Å²) in [6.45, 7) is 4.20. The van der Waals surface area contributed by atoms with Crippen LogP contribution < -0.4 is 5.73 Å². The second-order valence-corrected chi connectivity index (χ2v) is 7.61. The van der Waals surface area contributed by atoms with E-state index in [0.29, 0.717) is 0 Å². The molecule has 0 saturated heterocycles. The van der Waals surface area contributed by atoms with Crippen molar-refractivity contribution in [3.05, 3.63) is 34.9 Å². The van der Waals surface area contributed by atoms with E-state index in [4.69, 9.17) is 5.73 Å². The molecule has 2 aromatic rings. The first-order chi connectivity index (χ1) is 9.10. The fourth-order valence-corrected chi connectivity index (χ4v) is 4.19. The summed E-state index contributed by atoms with van der Waals surface area (Å²) in [4.78, 5) is 0. The van der Waals surface area contributed by atoms with E-state index in [2.05, 4.69) is 42.2 Å². The molecule has 0 bridgehead atoms. The summed E-state index contributed by atoms with van der Waals surface area (Å²) >= 11 is 4.93. The summed E-state index contributed by atoms with van der Waals surface area (Å²) < 4.78 is 1.99. The first-order valence-electron chi connectivity index (χ1n) is 5.93. The molecular weight excluding hydrogens is 294 g/mol. The largest absolute Gasteiger partial charge is 0.323 e. The van der Waals surface area contributed by atoms with Crippen LogP contribution in [-0.4, -0.2) is 22.2 Å². The molecule has 1 atom stereocenters. The van der Waals surface area contributed by atoms with E-state index >= 15 is 0 Å². The van der Waals surface area contributed by atoms with Gasteiger partial charge >= 0.3 is 0 Å². The average molecular weight is 312 g/mol. The van der Waals surface area contributed by atoms with Crippen LogP contribution in [0.15, 0.2) is 26.9 Å². The Labute approximate surface area is 126 Å². The molecule has 0 radical (unpaired) electrons. The maximum absolute atomic E-state index is 6.28. The van der Waals surface area contributed by atoms with Crippen LogP contribution in [0.5, 0.6) is 0 Å². The van der Waals surface area contributed by atoms with Gasteiger partial charge in [0.05, 0.1) is 0 Å². The Balaban J connectivity index is 2.00. The molecule has 1 aromatic heterocycles. The summed E-state index contributed by atoms with van der Waals surface area (Å²) in [7, 11) is 0. The van der Waals surface area contributed by atoms with Gasteiger partial charge in [-0.15, -0.1) is 10.2 Å². The Morgan fingerprint density at radius 1 is 1.26 bits per heavy atom. The number of thioether (sulfide) groups is 2. The van der Waals surface area contributed by atoms with Crippen LogP contribution in [0.3, 0.4) is 0 Å². The minimum Gasteiger partial charge on any atom is -0.323 e. The lowest BCUT2D eigenvalue weighted by molar-refractivity contribution is 0.819. The van der Waals surface area contributed by atoms with Crippen LogP contribution in [0.2, 0.25) is 0 Å². The van der Waals surface area contributed by atoms with Crippen LogP contribution in [0.25, 0.3) is 0 Å². The fraction of sp³-hybridized carbons (Fsp3) is 0.385. The quantitative estimate of drug-likeness (QED) is 0.854. The maximum atomic E-state index is 6.28. The van der Waals surface area contributed by atoms with Crippen LogP contribution >= 0.6 is 34.9 Å². The monoisotopic (exact) mass is 311 g/mol. The number of hydrogen-bond donors (Lipinski definition) is 1. The lowest BCUT2D eigenvalue weighted by Gasteiger charge is -2.14. The van der Waals surface area contributed by atoms with Crippen molar-refractivity contribution >= 4 is 34.9 Å². The van der Waals surface area contributed by atoms with E-state index in [1.807, 2.05) is 6.26 Å². The highest BCUT2D eigenvalue weighted by molar-refractivity contribution is 8.02. The van der Waals surface area contributed by atoms with E-state index in [0.717, 1.165) is 14.4 Å². The molecule has 0 fully saturated rings. The third kappa shape index (κ3) is 3.95. The molecule has 0 aliphatic rings. The summed E-state index contributed by atoms with van der Waals surface area (Å²) in [5, 5.41) is 8.23. The van der Waals surface area contributed by atoms with E-state index < -0.39 is 0 Å². The van der Waals surface area contributed by atoms with Gasteiger partial charge in [0.25, 0.3) is 0 Å². The van der Waals surface area contributed by atoms with Gasteiger partial charge in [0.2, 0.25) is 0 Å². The Kier molecular flexibility index (Phi) is 5.27. The van der Waals surface area contributed by atoms with Gasteiger partial charge in [0.1, 0.15) is 0 Å². The summed E-state index contributed by atoms with van der Waals surface area (Å²) in [5.41, 5.74) is 10.0. The third-order valence-electron chi connectivity index (χ3n) is 2.78. The first kappa shape index (κ1) is 14.8. The molecule has 1 heterocycles. The van der Waals surface area contributed by atoms with Crippen molar-refractivity contribution in [2.45, 2.75) is 28.6 Å². The first-order valence-corrected chi connectivity index (χ1v) is 8.96. The van der Waals surface area contributed by atoms with E-state index in [9.17, 15) is 0 Å². The molecule has 102 valence electrons. The Hall–Kier alpha value is -0.560. The molecule has 1 aromatic carbocycles. The number of nitrogens with two attached hydrogens (primary N) is 1. The van der Waals surface area contributed by atoms with Gasteiger partial charge in [0.15, 0.2) is 8.68 Å². The second-order valence-electron chi connectivity index (χ2n) is 4.32. The molecule has 0 aliphatic heterocycles. The summed E-state index contributed by atoms with van der Waals surface area (Å²) in [6.07, 6.45) is 2.01. The van der Waals surface area contributed by atoms with E-state index in [1.165, 1.54) is 16.7 Å². The predicted molar refractivity (Wildman–Crippen MR) is 85.3 cm³/mol. The molecule has 2 rings (SSSR count). The normalized spacial score (nSPS) is 12.6. The van der Waals surface area contributed by atoms with Crippen LogP contribution in [0.4, 0.5) is 0 Å². The van der Waals surface area contributed by atoms with Gasteiger partial charge in [-0.05, 0) is 31.2 Å². The van der Waals surface area contributed by atoms with Crippen molar-refractivity contribution in [1.82, 2.24) is 10.2 Å². The molecule has 19 heavy (non-hydrogen) atoms. The van der Waals surface area contributed by atoms with Crippen molar-refractivity contribution in [3.8, 4) is 0 Å². The SMILES string of the molecule is CSc1nnc(SCC(N)c2cc(C)ccc2C)s1. The highest BCUT2D eigenvalue weighted by Gasteiger charge is 2.12. The van der Waals surface area contributed by atoms with Gasteiger partial charge in [-0.25, -0.2) is 0 Å². The molecular formula is C13H17N3S3. The Morgan fingerprint density at radius 2 is 2.00 bits per heavy atom. The molecule has 2 N–H and O–H groups in total. The van der Waals surface area contributed by atoms with Crippen molar-refractivity contribution in [1.29, 1.82) is 0 Å². The molecule has 0 amide bonds. The number of rotatable bonds is 5. The molecule has 0 saturated carbocycles. The number of aryl methyl sites for hydroxylation is 2. The zero-order valence-electron chi connectivity index (χ0n) is 11.2. The number of nitrogens with zero attached hydrogens (tertiary/aromatic N) is 2. The minimum atomic E-state index is 0.0338. The van der Waals surface area contributed by atoms with Gasteiger partial charge in [0, 0.05) is 11.8 Å². The Bertz CT molecular complexity index is 554. The number of benzene rings is 1. The van der Waals surface area contributed by atoms with Gasteiger partial charge in [-0.3, -0.25) is 0 Å². The lowest BCUT2D eigenvalue weighted by atomic mass is 10.0. The van der Waals surface area contributed by atoms with Crippen molar-refractivity contribution < 1.29 is 0 Å². The molecule has 6 heteroatoms. The van der Waals surface area contributed by atoms with Crippen molar-refractivity contribution in [2.75, 3.05) is 12.0 Å². The zero-order chi connectivity index (χ0) is 13.8. The summed E-state index contributed by atoms with van der Waals surface area (Å²) in [5.74, 6) is 0.827. The van der Waals surface area contributed by atoms with Crippen molar-refractivity contribution in [3.63, 3.8) is 0 Å². The van der Waals surface area contributed by atoms with Gasteiger partial charge in [-0.2, -0.15) is 0 Å². The van der Waals surface area contributed by atoms with Gasteiger partial charge in [-0.1, -0.05) is 58.6 Å². The third-order valence-corrected chi connectivity index (χ3v) is 5.93. The molecule has 1 unspecified atom stereocenters. The fourth-order valence-electron chi connectivity index (χ4n) is 1.75. The van der Waals surface area contributed by atoms with E-state index in [-0.39, 0.29) is 6.04 Å². The van der Waals surface area contributed by atoms with Crippen LogP contribution in [0, 0.1) is 13.8 Å². The summed E-state index contributed by atoms with van der Waals surface area (Å²) in [6, 6.07) is 6.46. The zero-order valence-corrected chi connectivity index (χ0v) is 13.7. The molecule has 3 nitrogen and oxygen atoms in total. The predicted octanol–water partition coefficient (Wildman–Crippen LogP) is 3.67.